The molecule has 0 radical (unpaired) electrons. The number of ether oxygens (including phenoxy) is 3. The Morgan fingerprint density at radius 2 is 1.38 bits per heavy atom. The molecule has 0 atom stereocenters. The fourth-order valence-electron chi connectivity index (χ4n) is 3.45. The largest absolute Gasteiger partial charge is 0.504 e. The van der Waals surface area contributed by atoms with Gasteiger partial charge in [-0.1, -0.05) is 40.2 Å². The van der Waals surface area contributed by atoms with Gasteiger partial charge in [-0.15, -0.1) is 0 Å². The molecule has 168 valence electrons. The van der Waals surface area contributed by atoms with Gasteiger partial charge in [0.1, 0.15) is 17.3 Å². The van der Waals surface area contributed by atoms with E-state index in [1.54, 1.807) is 33.7 Å². The molecule has 3 rings (SSSR count). The predicted octanol–water partition coefficient (Wildman–Crippen LogP) is 6.82. The first-order chi connectivity index (χ1) is 15.4. The maximum Gasteiger partial charge on any atom is 0.147 e. The summed E-state index contributed by atoms with van der Waals surface area (Å²) < 4.78 is 31.8. The van der Waals surface area contributed by atoms with Crippen molar-refractivity contribution in [3.63, 3.8) is 0 Å². The zero-order chi connectivity index (χ0) is 23.1. The maximum absolute atomic E-state index is 15.4. The van der Waals surface area contributed by atoms with E-state index in [1.807, 2.05) is 66.4 Å². The number of nitrogens with zero attached hydrogens (tertiary/aromatic N) is 1. The summed E-state index contributed by atoms with van der Waals surface area (Å²) in [6.07, 6.45) is 1.60. The van der Waals surface area contributed by atoms with Gasteiger partial charge in [-0.3, -0.25) is 0 Å². The number of allylic oxidation sites excluding steroid dienone is 1. The van der Waals surface area contributed by atoms with Crippen LogP contribution in [0.3, 0.4) is 0 Å². The molecule has 0 N–H and O–H groups in total. The van der Waals surface area contributed by atoms with Gasteiger partial charge in [-0.25, -0.2) is 4.39 Å². The maximum atomic E-state index is 15.4. The average molecular weight is 500 g/mol. The fourth-order valence-corrected chi connectivity index (χ4v) is 4.09. The van der Waals surface area contributed by atoms with Gasteiger partial charge >= 0.3 is 0 Å². The Morgan fingerprint density at radius 3 is 1.81 bits per heavy atom. The third kappa shape index (κ3) is 5.82. The summed E-state index contributed by atoms with van der Waals surface area (Å²) in [5.41, 5.74) is 4.20. The molecule has 0 aliphatic heterocycles. The van der Waals surface area contributed by atoms with Crippen LogP contribution in [-0.4, -0.2) is 21.3 Å². The summed E-state index contributed by atoms with van der Waals surface area (Å²) in [7, 11) is 4.85. The van der Waals surface area contributed by atoms with Gasteiger partial charge in [0.2, 0.25) is 0 Å². The van der Waals surface area contributed by atoms with Crippen molar-refractivity contribution < 1.29 is 18.6 Å². The zero-order valence-corrected chi connectivity index (χ0v) is 20.3. The summed E-state index contributed by atoms with van der Waals surface area (Å²) in [5, 5.41) is 0. The van der Waals surface area contributed by atoms with Crippen LogP contribution in [0.15, 0.2) is 71.4 Å². The number of methoxy groups -OCH3 is 3. The Hall–Kier alpha value is -2.99. The number of anilines is 1. The van der Waals surface area contributed by atoms with Crippen molar-refractivity contribution >= 4 is 27.2 Å². The number of rotatable bonds is 9. The molecule has 0 aliphatic carbocycles. The van der Waals surface area contributed by atoms with Gasteiger partial charge in [-0.2, -0.15) is 0 Å². The SMILES string of the molecule is COC=C(C)c1cc(F)c(N(Cc2ccc(OC)cc2)Cc2ccc(OC)cc2)cc1Br. The first kappa shape index (κ1) is 23.7. The molecule has 0 aliphatic rings. The highest BCUT2D eigenvalue weighted by molar-refractivity contribution is 9.10. The zero-order valence-electron chi connectivity index (χ0n) is 18.7. The van der Waals surface area contributed by atoms with Gasteiger partial charge in [0.25, 0.3) is 0 Å². The summed E-state index contributed by atoms with van der Waals surface area (Å²) in [4.78, 5) is 2.02. The average Bonchev–Trinajstić information content (AvgIpc) is 2.81. The Labute approximate surface area is 197 Å². The van der Waals surface area contributed by atoms with Crippen molar-refractivity contribution in [1.82, 2.24) is 0 Å². The molecule has 3 aromatic carbocycles. The fraction of sp³-hybridized carbons (Fsp3) is 0.231. The lowest BCUT2D eigenvalue weighted by atomic mass is 10.1. The van der Waals surface area contributed by atoms with Crippen LogP contribution in [0.25, 0.3) is 5.57 Å². The van der Waals surface area contributed by atoms with Crippen molar-refractivity contribution in [2.24, 2.45) is 0 Å². The highest BCUT2D eigenvalue weighted by Crippen LogP contribution is 2.33. The topological polar surface area (TPSA) is 30.9 Å². The van der Waals surface area contributed by atoms with Crippen molar-refractivity contribution in [2.75, 3.05) is 26.2 Å². The van der Waals surface area contributed by atoms with Crippen LogP contribution in [0.4, 0.5) is 10.1 Å². The summed E-state index contributed by atoms with van der Waals surface area (Å²) in [6, 6.07) is 19.0. The van der Waals surface area contributed by atoms with E-state index in [0.29, 0.717) is 18.8 Å². The van der Waals surface area contributed by atoms with E-state index in [-0.39, 0.29) is 5.82 Å². The van der Waals surface area contributed by atoms with Crippen molar-refractivity contribution in [1.29, 1.82) is 0 Å². The number of hydrogen-bond acceptors (Lipinski definition) is 4. The van der Waals surface area contributed by atoms with Crippen LogP contribution in [-0.2, 0) is 17.8 Å². The Bertz CT molecular complexity index is 1020. The third-order valence-electron chi connectivity index (χ3n) is 5.16. The van der Waals surface area contributed by atoms with Gasteiger partial charge in [0.15, 0.2) is 0 Å². The second-order valence-corrected chi connectivity index (χ2v) is 8.23. The van der Waals surface area contributed by atoms with E-state index in [9.17, 15) is 0 Å². The molecule has 3 aromatic rings. The molecule has 0 saturated heterocycles. The molecular formula is C26H27BrFNO3. The Morgan fingerprint density at radius 1 is 0.875 bits per heavy atom. The van der Waals surface area contributed by atoms with Crippen LogP contribution in [0.5, 0.6) is 11.5 Å². The quantitative estimate of drug-likeness (QED) is 0.302. The molecule has 4 nitrogen and oxygen atoms in total. The van der Waals surface area contributed by atoms with Gasteiger partial charge in [0.05, 0.1) is 33.3 Å². The highest BCUT2D eigenvalue weighted by Gasteiger charge is 2.17. The molecule has 0 amide bonds. The monoisotopic (exact) mass is 499 g/mol. The first-order valence-electron chi connectivity index (χ1n) is 10.1. The second kappa shape index (κ2) is 11.0. The van der Waals surface area contributed by atoms with E-state index in [4.69, 9.17) is 14.2 Å². The van der Waals surface area contributed by atoms with Crippen LogP contribution in [0, 0.1) is 5.82 Å². The highest BCUT2D eigenvalue weighted by atomic mass is 79.9. The lowest BCUT2D eigenvalue weighted by Crippen LogP contribution is -2.23. The van der Waals surface area contributed by atoms with Gasteiger partial charge in [0, 0.05) is 17.6 Å². The molecule has 0 saturated carbocycles. The van der Waals surface area contributed by atoms with E-state index in [2.05, 4.69) is 15.9 Å². The molecule has 0 fully saturated rings. The predicted molar refractivity (Wildman–Crippen MR) is 131 cm³/mol. The molecular weight excluding hydrogens is 473 g/mol. The Balaban J connectivity index is 1.98. The lowest BCUT2D eigenvalue weighted by molar-refractivity contribution is 0.339. The van der Waals surface area contributed by atoms with E-state index >= 15 is 4.39 Å². The smallest absolute Gasteiger partial charge is 0.147 e. The van der Waals surface area contributed by atoms with Crippen LogP contribution >= 0.6 is 15.9 Å². The van der Waals surface area contributed by atoms with Crippen LogP contribution in [0.1, 0.15) is 23.6 Å². The van der Waals surface area contributed by atoms with Crippen LogP contribution in [0.2, 0.25) is 0 Å². The number of hydrogen-bond donors (Lipinski definition) is 0. The molecule has 6 heteroatoms. The minimum atomic E-state index is -0.297. The molecule has 0 spiro atoms. The van der Waals surface area contributed by atoms with Crippen LogP contribution < -0.4 is 14.4 Å². The number of halogens is 2. The molecule has 0 bridgehead atoms. The van der Waals surface area contributed by atoms with Crippen molar-refractivity contribution in [2.45, 2.75) is 20.0 Å². The van der Waals surface area contributed by atoms with Crippen molar-refractivity contribution in [3.05, 3.63) is 93.9 Å². The lowest BCUT2D eigenvalue weighted by Gasteiger charge is -2.27. The summed E-state index contributed by atoms with van der Waals surface area (Å²) in [5.74, 6) is 1.28. The van der Waals surface area contributed by atoms with Crippen molar-refractivity contribution in [3.8, 4) is 11.5 Å². The molecule has 0 aromatic heterocycles. The van der Waals surface area contributed by atoms with Gasteiger partial charge < -0.3 is 19.1 Å². The van der Waals surface area contributed by atoms with E-state index in [0.717, 1.165) is 38.2 Å². The molecule has 0 unspecified atom stereocenters. The minimum absolute atomic E-state index is 0.297. The normalized spacial score (nSPS) is 11.2. The van der Waals surface area contributed by atoms with E-state index < -0.39 is 0 Å². The summed E-state index contributed by atoms with van der Waals surface area (Å²) in [6.45, 7) is 2.95. The summed E-state index contributed by atoms with van der Waals surface area (Å²) >= 11 is 3.61. The third-order valence-corrected chi connectivity index (χ3v) is 5.82. The number of benzene rings is 3. The molecule has 0 heterocycles. The standard InChI is InChI=1S/C26H27BrFNO3/c1-18(17-30-2)23-13-25(28)26(14-24(23)27)29(15-19-5-9-21(31-3)10-6-19)16-20-7-11-22(32-4)12-8-20/h5-14,17H,15-16H2,1-4H3. The Kier molecular flexibility index (Phi) is 8.17. The second-order valence-electron chi connectivity index (χ2n) is 7.37. The van der Waals surface area contributed by atoms with Gasteiger partial charge in [-0.05, 0) is 65.6 Å². The minimum Gasteiger partial charge on any atom is -0.504 e. The first-order valence-corrected chi connectivity index (χ1v) is 10.9. The van der Waals surface area contributed by atoms with E-state index in [1.165, 1.54) is 0 Å². The molecule has 32 heavy (non-hydrogen) atoms.